The first kappa shape index (κ1) is 21.0. The maximum absolute atomic E-state index is 11.6. The van der Waals surface area contributed by atoms with Crippen LogP contribution in [0.25, 0.3) is 0 Å². The lowest BCUT2D eigenvalue weighted by Gasteiger charge is -2.15. The van der Waals surface area contributed by atoms with Crippen LogP contribution in [0.3, 0.4) is 0 Å². The van der Waals surface area contributed by atoms with Crippen LogP contribution in [0.4, 0.5) is 0 Å². The summed E-state index contributed by atoms with van der Waals surface area (Å²) in [6.07, 6.45) is 0.613. The normalized spacial score (nSPS) is 18.3. The maximum Gasteiger partial charge on any atom is 0.191 e. The molecule has 0 amide bonds. The Kier molecular flexibility index (Phi) is 6.98. The maximum atomic E-state index is 11.6. The van der Waals surface area contributed by atoms with E-state index < -0.39 is 9.84 Å². The minimum Gasteiger partial charge on any atom is -0.493 e. The molecule has 1 unspecified atom stereocenters. The van der Waals surface area contributed by atoms with Gasteiger partial charge in [-0.15, -0.1) is 0 Å². The van der Waals surface area contributed by atoms with E-state index in [0.29, 0.717) is 42.7 Å². The fourth-order valence-electron chi connectivity index (χ4n) is 3.09. The van der Waals surface area contributed by atoms with Crippen LogP contribution in [0, 0.1) is 0 Å². The summed E-state index contributed by atoms with van der Waals surface area (Å²) >= 11 is 0. The number of hydrogen-bond acceptors (Lipinski definition) is 5. The monoisotopic (exact) mass is 417 g/mol. The Hall–Kier alpha value is -2.74. The highest BCUT2D eigenvalue weighted by atomic mass is 32.2. The van der Waals surface area contributed by atoms with Gasteiger partial charge in [-0.3, -0.25) is 0 Å². The van der Waals surface area contributed by atoms with Crippen molar-refractivity contribution in [3.05, 3.63) is 54.1 Å². The van der Waals surface area contributed by atoms with Gasteiger partial charge in [-0.2, -0.15) is 0 Å². The van der Waals surface area contributed by atoms with Crippen molar-refractivity contribution in [1.82, 2.24) is 10.6 Å². The van der Waals surface area contributed by atoms with Crippen LogP contribution in [-0.2, 0) is 16.4 Å². The molecule has 1 aliphatic rings. The lowest BCUT2D eigenvalue weighted by molar-refractivity contribution is 0.379. The highest BCUT2D eigenvalue weighted by molar-refractivity contribution is 7.91. The fourth-order valence-corrected chi connectivity index (χ4v) is 4.76. The summed E-state index contributed by atoms with van der Waals surface area (Å²) in [5.41, 5.74) is 1.02. The molecule has 0 spiro atoms. The highest BCUT2D eigenvalue weighted by Crippen LogP contribution is 2.30. The van der Waals surface area contributed by atoms with E-state index in [1.54, 1.807) is 7.11 Å². The van der Waals surface area contributed by atoms with Crippen LogP contribution in [-0.4, -0.2) is 45.6 Å². The van der Waals surface area contributed by atoms with Crippen LogP contribution < -0.4 is 20.1 Å². The Bertz CT molecular complexity index is 943. The smallest absolute Gasteiger partial charge is 0.191 e. The average molecular weight is 418 g/mol. The van der Waals surface area contributed by atoms with Crippen molar-refractivity contribution < 1.29 is 17.9 Å². The van der Waals surface area contributed by atoms with Gasteiger partial charge in [-0.25, -0.2) is 13.4 Å². The molecule has 0 aliphatic carbocycles. The zero-order valence-corrected chi connectivity index (χ0v) is 17.5. The van der Waals surface area contributed by atoms with Crippen molar-refractivity contribution in [3.63, 3.8) is 0 Å². The first-order chi connectivity index (χ1) is 14.0. The van der Waals surface area contributed by atoms with Crippen LogP contribution in [0.1, 0.15) is 18.9 Å². The summed E-state index contributed by atoms with van der Waals surface area (Å²) in [6, 6.07) is 15.1. The Morgan fingerprint density at radius 3 is 2.48 bits per heavy atom. The van der Waals surface area contributed by atoms with E-state index in [1.165, 1.54) is 0 Å². The number of hydrogen-bond donors (Lipinski definition) is 2. The summed E-state index contributed by atoms with van der Waals surface area (Å²) in [5, 5.41) is 6.39. The standard InChI is InChI=1S/C21H27N3O4S/c1-3-22-21(24-17-12-13-29(25,26)15-17)23-14-16-8-10-18(11-9-16)28-20-7-5-4-6-19(20)27-2/h4-11,17H,3,12-15H2,1-2H3,(H2,22,23,24). The first-order valence-electron chi connectivity index (χ1n) is 9.64. The van der Waals surface area contributed by atoms with Gasteiger partial charge in [-0.05, 0) is 43.2 Å². The van der Waals surface area contributed by atoms with Crippen LogP contribution in [0.5, 0.6) is 17.2 Å². The average Bonchev–Trinajstić information content (AvgIpc) is 3.06. The van der Waals surface area contributed by atoms with Gasteiger partial charge in [0.1, 0.15) is 5.75 Å². The Morgan fingerprint density at radius 2 is 1.86 bits per heavy atom. The van der Waals surface area contributed by atoms with Crippen molar-refractivity contribution >= 4 is 15.8 Å². The molecule has 1 atom stereocenters. The van der Waals surface area contributed by atoms with E-state index in [1.807, 2.05) is 55.5 Å². The SMILES string of the molecule is CCNC(=NCc1ccc(Oc2ccccc2OC)cc1)NC1CCS(=O)(=O)C1. The minimum absolute atomic E-state index is 0.0885. The van der Waals surface area contributed by atoms with Crippen LogP contribution in [0.15, 0.2) is 53.5 Å². The molecule has 3 rings (SSSR count). The van der Waals surface area contributed by atoms with E-state index in [0.717, 1.165) is 5.56 Å². The number of sulfone groups is 1. The van der Waals surface area contributed by atoms with Crippen molar-refractivity contribution in [2.75, 3.05) is 25.2 Å². The predicted octanol–water partition coefficient (Wildman–Crippen LogP) is 2.73. The van der Waals surface area contributed by atoms with Crippen LogP contribution in [0.2, 0.25) is 0 Å². The number of para-hydroxylation sites is 2. The minimum atomic E-state index is -2.93. The molecule has 2 aromatic rings. The third-order valence-corrected chi connectivity index (χ3v) is 6.33. The summed E-state index contributed by atoms with van der Waals surface area (Å²) in [4.78, 5) is 4.57. The molecular weight excluding hydrogens is 390 g/mol. The van der Waals surface area contributed by atoms with E-state index in [-0.39, 0.29) is 17.5 Å². The third-order valence-electron chi connectivity index (χ3n) is 4.56. The van der Waals surface area contributed by atoms with Gasteiger partial charge in [0.2, 0.25) is 0 Å². The molecular formula is C21H27N3O4S. The van der Waals surface area contributed by atoms with E-state index in [9.17, 15) is 8.42 Å². The molecule has 1 saturated heterocycles. The topological polar surface area (TPSA) is 89.0 Å². The second-order valence-corrected chi connectivity index (χ2v) is 9.07. The Labute approximate surface area is 172 Å². The molecule has 7 nitrogen and oxygen atoms in total. The molecule has 1 heterocycles. The lowest BCUT2D eigenvalue weighted by atomic mass is 10.2. The molecule has 0 bridgehead atoms. The molecule has 8 heteroatoms. The number of nitrogens with zero attached hydrogens (tertiary/aromatic N) is 1. The number of guanidine groups is 1. The van der Waals surface area contributed by atoms with E-state index in [4.69, 9.17) is 9.47 Å². The van der Waals surface area contributed by atoms with E-state index in [2.05, 4.69) is 15.6 Å². The molecule has 0 aromatic heterocycles. The molecule has 29 heavy (non-hydrogen) atoms. The van der Waals surface area contributed by atoms with Gasteiger partial charge in [0.25, 0.3) is 0 Å². The van der Waals surface area contributed by atoms with Gasteiger partial charge in [-0.1, -0.05) is 24.3 Å². The Morgan fingerprint density at radius 1 is 1.14 bits per heavy atom. The largest absolute Gasteiger partial charge is 0.493 e. The van der Waals surface area contributed by atoms with Gasteiger partial charge >= 0.3 is 0 Å². The molecule has 2 aromatic carbocycles. The summed E-state index contributed by atoms with van der Waals surface area (Å²) < 4.78 is 34.5. The molecule has 1 aliphatic heterocycles. The predicted molar refractivity (Wildman–Crippen MR) is 115 cm³/mol. The van der Waals surface area contributed by atoms with Gasteiger partial charge in [0.15, 0.2) is 27.3 Å². The van der Waals surface area contributed by atoms with Gasteiger partial charge in [0.05, 0.1) is 25.2 Å². The first-order valence-corrected chi connectivity index (χ1v) is 11.5. The van der Waals surface area contributed by atoms with Crippen LogP contribution >= 0.6 is 0 Å². The molecule has 1 fully saturated rings. The second kappa shape index (κ2) is 9.65. The third kappa shape index (κ3) is 6.12. The van der Waals surface area contributed by atoms with Crippen molar-refractivity contribution in [1.29, 1.82) is 0 Å². The zero-order valence-electron chi connectivity index (χ0n) is 16.7. The quantitative estimate of drug-likeness (QED) is 0.532. The molecule has 0 saturated carbocycles. The molecule has 0 radical (unpaired) electrons. The summed E-state index contributed by atoms with van der Waals surface area (Å²) in [5.74, 6) is 3.07. The number of nitrogens with one attached hydrogen (secondary N) is 2. The molecule has 156 valence electrons. The number of ether oxygens (including phenoxy) is 2. The number of rotatable bonds is 7. The van der Waals surface area contributed by atoms with Gasteiger partial charge < -0.3 is 20.1 Å². The summed E-state index contributed by atoms with van der Waals surface area (Å²) in [6.45, 7) is 3.16. The van der Waals surface area contributed by atoms with E-state index >= 15 is 0 Å². The number of methoxy groups -OCH3 is 1. The summed E-state index contributed by atoms with van der Waals surface area (Å²) in [7, 11) is -1.32. The highest BCUT2D eigenvalue weighted by Gasteiger charge is 2.28. The van der Waals surface area contributed by atoms with Crippen molar-refractivity contribution in [2.45, 2.75) is 25.9 Å². The zero-order chi connectivity index (χ0) is 20.7. The molecule has 2 N–H and O–H groups in total. The number of aliphatic imine (C=N–C) groups is 1. The number of benzene rings is 2. The van der Waals surface area contributed by atoms with Crippen molar-refractivity contribution in [3.8, 4) is 17.2 Å². The van der Waals surface area contributed by atoms with Gasteiger partial charge in [0, 0.05) is 12.6 Å². The fraction of sp³-hybridized carbons (Fsp3) is 0.381. The van der Waals surface area contributed by atoms with Crippen molar-refractivity contribution in [2.24, 2.45) is 4.99 Å². The Balaban J connectivity index is 1.61. The second-order valence-electron chi connectivity index (χ2n) is 6.84. The lowest BCUT2D eigenvalue weighted by Crippen LogP contribution is -2.44.